The van der Waals surface area contributed by atoms with Gasteiger partial charge in [0.15, 0.2) is 0 Å². The van der Waals surface area contributed by atoms with E-state index >= 15 is 0 Å². The molecule has 42 nitrogen and oxygen atoms in total. The van der Waals surface area contributed by atoms with Crippen LogP contribution in [-0.4, -0.2) is 256 Å². The highest BCUT2D eigenvalue weighted by Crippen LogP contribution is 2.43. The highest BCUT2D eigenvalue weighted by Gasteiger charge is 2.51. The van der Waals surface area contributed by atoms with Crippen molar-refractivity contribution in [1.82, 2.24) is 0 Å². The van der Waals surface area contributed by atoms with Crippen molar-refractivity contribution < 1.29 is 225 Å². The lowest BCUT2D eigenvalue weighted by molar-refractivity contribution is -0.0505. The van der Waals surface area contributed by atoms with Crippen LogP contribution in [0.5, 0.6) is 57.5 Å². The Morgan fingerprint density at radius 1 is 0.275 bits per heavy atom. The summed E-state index contributed by atoms with van der Waals surface area (Å²) < 4.78 is 208. The monoisotopic (exact) mass is 2150 g/mol. The van der Waals surface area contributed by atoms with Gasteiger partial charge in [0.1, 0.15) is 116 Å². The van der Waals surface area contributed by atoms with E-state index < -0.39 is 171 Å². The molecule has 0 spiro atoms. The zero-order chi connectivity index (χ0) is 115. The van der Waals surface area contributed by atoms with Gasteiger partial charge in [0.2, 0.25) is 0 Å². The van der Waals surface area contributed by atoms with E-state index in [0.717, 1.165) is 65.0 Å². The SMILES string of the molecule is C=CCOc1cc(CC)c(C)c(C(=O)OC)c1C(=O)OC.C=CCOc1cc(O)c(C)c(C(=O)OC)c1C(=O)OC.C=CCOc1cc(OS(=O)(=O)C(F)(F)F)c(C)c(C(=O)OC)c1C(=O)OC.C=CCc1c(O)c(C(=O)OC)c(C(=O)OC)c(C)c1CC.C=Cc1cc(O)c(C(=O)OC)c(C(=O)OC)c1C.CCc1cc(O)c(C(=O)OC)c(C(=O)OC)c1C.COC(=O)c1c(O)cc(OS(=O)(=O)C(F)(F)F)c(C)c1C(=O)OC. The molecule has 149 heavy (non-hydrogen) atoms. The van der Waals surface area contributed by atoms with E-state index in [2.05, 4.69) is 93.4 Å². The summed E-state index contributed by atoms with van der Waals surface area (Å²) in [7, 11) is 3.75. The van der Waals surface area contributed by atoms with Crippen molar-refractivity contribution in [3.63, 3.8) is 0 Å². The average Bonchev–Trinajstić information content (AvgIpc) is 0.763. The number of hydrogen-bond acceptors (Lipinski definition) is 42. The molecule has 0 saturated heterocycles. The third-order valence-corrected chi connectivity index (χ3v) is 22.6. The van der Waals surface area contributed by atoms with E-state index in [1.165, 1.54) is 114 Å². The van der Waals surface area contributed by atoms with Crippen LogP contribution in [0.25, 0.3) is 6.08 Å². The van der Waals surface area contributed by atoms with Gasteiger partial charge in [-0.05, 0) is 137 Å². The third-order valence-electron chi connectivity index (χ3n) is 20.6. The van der Waals surface area contributed by atoms with Gasteiger partial charge in [-0.15, -0.1) is 6.58 Å². The number of phenols is 5. The normalized spacial score (nSPS) is 10.5. The predicted molar refractivity (Wildman–Crippen MR) is 516 cm³/mol. The molecule has 50 heteroatoms. The average molecular weight is 2150 g/mol. The number of phenolic OH excluding ortho intramolecular Hbond substituents is 5. The molecule has 7 rings (SSSR count). The van der Waals surface area contributed by atoms with Crippen molar-refractivity contribution >= 4 is 110 Å². The molecule has 7 aromatic rings. The first-order valence-electron chi connectivity index (χ1n) is 42.4. The number of ether oxygens (including phenoxy) is 17. The first-order chi connectivity index (χ1) is 69.6. The number of carbonyl (C=O) groups excluding carboxylic acids is 14. The van der Waals surface area contributed by atoms with E-state index in [0.29, 0.717) is 70.9 Å². The fraction of sp³-hybridized carbons (Fsp3) is 0.333. The van der Waals surface area contributed by atoms with E-state index in [-0.39, 0.29) is 110 Å². The summed E-state index contributed by atoms with van der Waals surface area (Å²) in [6, 6.07) is 6.97. The Morgan fingerprint density at radius 2 is 0.517 bits per heavy atom. The van der Waals surface area contributed by atoms with Crippen LogP contribution in [0.3, 0.4) is 0 Å². The maximum atomic E-state index is 12.6. The topological polar surface area (TPSA) is 584 Å². The number of aromatic hydroxyl groups is 5. The Morgan fingerprint density at radius 3 is 0.819 bits per heavy atom. The van der Waals surface area contributed by atoms with Gasteiger partial charge in [-0.3, -0.25) is 0 Å². The standard InChI is InChI=1S/2C16H20O5.C15H15F3O8S.C14H16O6.C13H16O5.C13H14O5.C12H11F3O8S/c1-6-8-21-12-9-11(7-2)10(3)13(15(17)19-4)14(12)16(18)20-5;1-6-8-11-10(7-2)9(3)12(15(18)20-4)13(14(11)17)16(19)21-5;1-5-6-25-10-7-9(26-27(21,22)15(16,17)18)8(2)11(13(19)23-3)12(10)14(20)24-4;1-5-6-20-10-7-9(15)8(2)11(13(16)18-3)12(10)14(17)19-4;2*1-5-8-6-9(14)11(13(16)18-4)10(7(8)2)12(15)17-3;1-5-7(23-24(19,20)12(13,14)15)4-6(16)9(11(18)22-3)8(5)10(17)21-2/h6,9H,1,7-8H2,2-5H3;6,17H,1,7-8H2,2-5H3;5,7H,1,6H2,2-4H3;5,7,15H,1,6H2,2-4H3;6,14H,5H2,1-4H3;5-6,14H,1H2,2-4H3;4,16H,1-3H3. The molecule has 0 fully saturated rings. The van der Waals surface area contributed by atoms with Gasteiger partial charge in [0, 0.05) is 40.5 Å². The minimum Gasteiger partial charge on any atom is -0.508 e. The Kier molecular flexibility index (Phi) is 51.6. The number of benzene rings is 7. The Hall–Kier alpha value is -16.7. The van der Waals surface area contributed by atoms with Crippen LogP contribution in [0.15, 0.2) is 93.6 Å². The van der Waals surface area contributed by atoms with Crippen molar-refractivity contribution in [2.24, 2.45) is 0 Å². The van der Waals surface area contributed by atoms with E-state index in [4.69, 9.17) is 28.4 Å². The quantitative estimate of drug-likeness (QED) is 0.00637. The van der Waals surface area contributed by atoms with Gasteiger partial charge in [-0.2, -0.15) is 43.2 Å². The minimum atomic E-state index is -6.06. The summed E-state index contributed by atoms with van der Waals surface area (Å²) >= 11 is 0. The molecule has 7 aromatic carbocycles. The second kappa shape index (κ2) is 59.0. The molecule has 0 aliphatic rings. The molecular weight excluding hydrogens is 2040 g/mol. The van der Waals surface area contributed by atoms with Crippen LogP contribution in [0.2, 0.25) is 0 Å². The van der Waals surface area contributed by atoms with Gasteiger partial charge < -0.3 is 114 Å². The summed E-state index contributed by atoms with van der Waals surface area (Å²) in [4.78, 5) is 166. The molecule has 0 bridgehead atoms. The molecule has 5 N–H and O–H groups in total. The lowest BCUT2D eigenvalue weighted by Gasteiger charge is -2.19. The van der Waals surface area contributed by atoms with Crippen LogP contribution in [-0.2, 0) is 112 Å². The summed E-state index contributed by atoms with van der Waals surface area (Å²) in [6.45, 7) is 33.9. The molecule has 0 radical (unpaired) electrons. The number of aryl methyl sites for hydroxylation is 2. The number of rotatable bonds is 33. The number of carbonyl (C=O) groups is 14. The number of esters is 14. The Labute approximate surface area is 851 Å². The Balaban J connectivity index is 0.000000873. The number of hydrogen-bond donors (Lipinski definition) is 5. The molecule has 0 amide bonds. The van der Waals surface area contributed by atoms with Crippen molar-refractivity contribution in [2.75, 3.05) is 119 Å². The minimum absolute atomic E-state index is 0.0146. The fourth-order valence-electron chi connectivity index (χ4n) is 13.3. The van der Waals surface area contributed by atoms with Crippen molar-refractivity contribution in [2.45, 2.75) is 106 Å². The summed E-state index contributed by atoms with van der Waals surface area (Å²) in [5, 5.41) is 49.7. The van der Waals surface area contributed by atoms with Crippen LogP contribution in [0.4, 0.5) is 26.3 Å². The highest BCUT2D eigenvalue weighted by atomic mass is 32.2. The van der Waals surface area contributed by atoms with Gasteiger partial charge in [0.05, 0.1) is 138 Å². The van der Waals surface area contributed by atoms with Crippen LogP contribution >= 0.6 is 0 Å². The summed E-state index contributed by atoms with van der Waals surface area (Å²) in [5.41, 5.74) is -8.87. The van der Waals surface area contributed by atoms with Gasteiger partial charge in [-0.25, -0.2) is 67.1 Å². The number of alkyl halides is 6. The molecule has 814 valence electrons. The zero-order valence-electron chi connectivity index (χ0n) is 85.3. The molecule has 0 unspecified atom stereocenters. The fourth-order valence-corrected chi connectivity index (χ4v) is 14.3. The maximum Gasteiger partial charge on any atom is 0.534 e. The molecule has 0 aliphatic heterocycles. The van der Waals surface area contributed by atoms with Crippen LogP contribution in [0, 0.1) is 48.5 Å². The zero-order valence-corrected chi connectivity index (χ0v) is 86.9. The Bertz CT molecular complexity index is 6510. The molecule has 0 saturated carbocycles. The van der Waals surface area contributed by atoms with Crippen molar-refractivity contribution in [1.29, 1.82) is 0 Å². The first kappa shape index (κ1) is 130. The van der Waals surface area contributed by atoms with Crippen molar-refractivity contribution in [3.8, 4) is 57.5 Å². The number of halogens is 6. The van der Waals surface area contributed by atoms with E-state index in [9.17, 15) is 136 Å². The number of methoxy groups -OCH3 is 14. The molecular formula is C99H112F6O42S2. The smallest absolute Gasteiger partial charge is 0.508 e. The van der Waals surface area contributed by atoms with E-state index in [1.54, 1.807) is 45.9 Å². The molecule has 0 aromatic heterocycles. The van der Waals surface area contributed by atoms with Crippen molar-refractivity contribution in [3.05, 3.63) is 238 Å². The molecule has 0 heterocycles. The first-order valence-corrected chi connectivity index (χ1v) is 45.3. The summed E-state index contributed by atoms with van der Waals surface area (Å²) in [6.07, 6.45) is 9.70. The lowest BCUT2D eigenvalue weighted by Crippen LogP contribution is -2.28. The van der Waals surface area contributed by atoms with E-state index in [1.807, 2.05) is 20.8 Å². The largest absolute Gasteiger partial charge is 0.534 e. The second-order valence-corrected chi connectivity index (χ2v) is 32.1. The highest BCUT2D eigenvalue weighted by molar-refractivity contribution is 7.88. The maximum absolute atomic E-state index is 12.6. The predicted octanol–water partition coefficient (Wildman–Crippen LogP) is 14.7. The molecule has 0 aliphatic carbocycles. The third kappa shape index (κ3) is 31.9. The van der Waals surface area contributed by atoms with Crippen LogP contribution < -0.4 is 22.6 Å². The second-order valence-electron chi connectivity index (χ2n) is 29.1. The lowest BCUT2D eigenvalue weighted by atomic mass is 9.88. The molecule has 0 atom stereocenters. The van der Waals surface area contributed by atoms with Gasteiger partial charge in [0.25, 0.3) is 0 Å². The van der Waals surface area contributed by atoms with Crippen LogP contribution in [0.1, 0.15) is 233 Å². The van der Waals surface area contributed by atoms with Gasteiger partial charge in [-0.1, -0.05) is 77.5 Å². The van der Waals surface area contributed by atoms with Gasteiger partial charge >= 0.3 is 115 Å². The number of allylic oxidation sites excluding steroid dienone is 1. The summed E-state index contributed by atoms with van der Waals surface area (Å²) in [5.74, 6) is -15.9.